The molecule has 0 fully saturated rings. The fraction of sp³-hybridized carbons (Fsp3) is 0.269. The number of carbonyl (C=O) groups is 1. The Hall–Kier alpha value is -3.26. The van der Waals surface area contributed by atoms with Gasteiger partial charge in [-0.3, -0.25) is 0 Å². The molecule has 35 heavy (non-hydrogen) atoms. The van der Waals surface area contributed by atoms with Crippen molar-refractivity contribution in [2.45, 2.75) is 39.1 Å². The van der Waals surface area contributed by atoms with E-state index < -0.39 is 35.7 Å². The molecule has 1 N–H and O–H groups in total. The molecule has 9 heteroatoms. The molecule has 0 bridgehead atoms. The highest BCUT2D eigenvalue weighted by molar-refractivity contribution is 6.33. The normalized spacial score (nSPS) is 13.3. The Bertz CT molecular complexity index is 1170. The van der Waals surface area contributed by atoms with E-state index in [2.05, 4.69) is 5.32 Å². The molecular weight excluding hydrogens is 486 g/mol. The van der Waals surface area contributed by atoms with Crippen LogP contribution in [0.4, 0.5) is 23.2 Å². The molecular formula is C26H24ClF4NO3. The van der Waals surface area contributed by atoms with Gasteiger partial charge >= 0.3 is 12.1 Å². The number of alkyl halides is 3. The monoisotopic (exact) mass is 509 g/mol. The molecule has 0 aliphatic carbocycles. The van der Waals surface area contributed by atoms with Crippen LogP contribution in [0.1, 0.15) is 38.0 Å². The van der Waals surface area contributed by atoms with Gasteiger partial charge in [0.05, 0.1) is 16.3 Å². The van der Waals surface area contributed by atoms with E-state index in [1.807, 2.05) is 0 Å². The number of rotatable bonds is 8. The molecule has 0 heterocycles. The Balaban J connectivity index is 1.74. The SMILES string of the molecule is CC(OC(=O)C(Nc1ccc(C(F)(F)F)cc1Cl)C(C)C)c1ccc(F)c(Oc2ccccc2)c1. The van der Waals surface area contributed by atoms with Gasteiger partial charge in [0.25, 0.3) is 0 Å². The highest BCUT2D eigenvalue weighted by atomic mass is 35.5. The lowest BCUT2D eigenvalue weighted by Gasteiger charge is -2.25. The molecule has 2 atom stereocenters. The molecule has 0 aliphatic heterocycles. The van der Waals surface area contributed by atoms with E-state index in [1.54, 1.807) is 51.1 Å². The van der Waals surface area contributed by atoms with E-state index in [0.29, 0.717) is 11.3 Å². The van der Waals surface area contributed by atoms with Crippen molar-refractivity contribution < 1.29 is 31.8 Å². The molecule has 4 nitrogen and oxygen atoms in total. The number of esters is 1. The van der Waals surface area contributed by atoms with Crippen molar-refractivity contribution in [3.63, 3.8) is 0 Å². The van der Waals surface area contributed by atoms with Gasteiger partial charge in [0.2, 0.25) is 0 Å². The molecule has 0 saturated carbocycles. The number of carbonyl (C=O) groups excluding carboxylic acids is 1. The number of hydrogen-bond acceptors (Lipinski definition) is 4. The molecule has 0 aliphatic rings. The highest BCUT2D eigenvalue weighted by Crippen LogP contribution is 2.35. The van der Waals surface area contributed by atoms with Gasteiger partial charge in [-0.1, -0.05) is 49.7 Å². The van der Waals surface area contributed by atoms with Crippen LogP contribution in [0.25, 0.3) is 0 Å². The zero-order chi connectivity index (χ0) is 25.8. The Labute approximate surface area is 205 Å². The average molecular weight is 510 g/mol. The maximum absolute atomic E-state index is 14.3. The maximum atomic E-state index is 14.3. The van der Waals surface area contributed by atoms with Gasteiger partial charge < -0.3 is 14.8 Å². The summed E-state index contributed by atoms with van der Waals surface area (Å²) in [7, 11) is 0. The largest absolute Gasteiger partial charge is 0.456 e. The molecule has 186 valence electrons. The summed E-state index contributed by atoms with van der Waals surface area (Å²) in [6, 6.07) is 14.8. The van der Waals surface area contributed by atoms with Crippen molar-refractivity contribution >= 4 is 23.3 Å². The standard InChI is InChI=1S/C26H24ClF4NO3/c1-15(2)24(32-22-12-10-18(14-20(22)27)26(29,30)31)25(33)34-16(3)17-9-11-21(28)23(13-17)35-19-7-5-4-6-8-19/h4-16,24,32H,1-3H3. The van der Waals surface area contributed by atoms with Crippen LogP contribution in [-0.2, 0) is 15.7 Å². The minimum Gasteiger partial charge on any atom is -0.456 e. The first-order valence-corrected chi connectivity index (χ1v) is 11.2. The molecule has 0 radical (unpaired) electrons. The first kappa shape index (κ1) is 26.3. The number of para-hydroxylation sites is 1. The summed E-state index contributed by atoms with van der Waals surface area (Å²) in [6.07, 6.45) is -5.29. The van der Waals surface area contributed by atoms with Crippen molar-refractivity contribution in [3.05, 3.63) is 88.7 Å². The van der Waals surface area contributed by atoms with Crippen LogP contribution >= 0.6 is 11.6 Å². The molecule has 0 saturated heterocycles. The molecule has 3 rings (SSSR count). The van der Waals surface area contributed by atoms with Gasteiger partial charge in [-0.2, -0.15) is 13.2 Å². The lowest BCUT2D eigenvalue weighted by molar-refractivity contribution is -0.150. The Kier molecular flexibility index (Phi) is 8.27. The number of nitrogens with one attached hydrogen (secondary N) is 1. The van der Waals surface area contributed by atoms with Gasteiger partial charge in [-0.15, -0.1) is 0 Å². The first-order chi connectivity index (χ1) is 16.5. The van der Waals surface area contributed by atoms with Crippen LogP contribution in [0, 0.1) is 11.7 Å². The third-order valence-corrected chi connectivity index (χ3v) is 5.53. The first-order valence-electron chi connectivity index (χ1n) is 10.8. The lowest BCUT2D eigenvalue weighted by Crippen LogP contribution is -2.36. The summed E-state index contributed by atoms with van der Waals surface area (Å²) in [4.78, 5) is 12.9. The second-order valence-electron chi connectivity index (χ2n) is 8.24. The third-order valence-electron chi connectivity index (χ3n) is 5.22. The lowest BCUT2D eigenvalue weighted by atomic mass is 10.0. The van der Waals surface area contributed by atoms with Crippen LogP contribution < -0.4 is 10.1 Å². The Morgan fingerprint density at radius 1 is 0.971 bits per heavy atom. The van der Waals surface area contributed by atoms with E-state index in [-0.39, 0.29) is 22.4 Å². The summed E-state index contributed by atoms with van der Waals surface area (Å²) in [6.45, 7) is 5.14. The topological polar surface area (TPSA) is 47.6 Å². The van der Waals surface area contributed by atoms with E-state index in [1.165, 1.54) is 24.3 Å². The fourth-order valence-corrected chi connectivity index (χ4v) is 3.49. The highest BCUT2D eigenvalue weighted by Gasteiger charge is 2.32. The van der Waals surface area contributed by atoms with E-state index in [0.717, 1.165) is 12.1 Å². The Morgan fingerprint density at radius 3 is 2.26 bits per heavy atom. The minimum absolute atomic E-state index is 0.0216. The van der Waals surface area contributed by atoms with Gasteiger partial charge in [0, 0.05) is 0 Å². The molecule has 0 aromatic heterocycles. The number of hydrogen-bond donors (Lipinski definition) is 1. The van der Waals surface area contributed by atoms with Gasteiger partial charge in [0.15, 0.2) is 11.6 Å². The number of anilines is 1. The number of halogens is 5. The van der Waals surface area contributed by atoms with E-state index >= 15 is 0 Å². The summed E-state index contributed by atoms with van der Waals surface area (Å²) < 4.78 is 64.2. The van der Waals surface area contributed by atoms with Crippen LogP contribution in [-0.4, -0.2) is 12.0 Å². The maximum Gasteiger partial charge on any atom is 0.416 e. The molecule has 3 aromatic rings. The molecule has 3 aromatic carbocycles. The van der Waals surface area contributed by atoms with Crippen molar-refractivity contribution in [3.8, 4) is 11.5 Å². The van der Waals surface area contributed by atoms with Crippen molar-refractivity contribution in [2.75, 3.05) is 5.32 Å². The summed E-state index contributed by atoms with van der Waals surface area (Å²) >= 11 is 6.03. The van der Waals surface area contributed by atoms with Crippen molar-refractivity contribution in [1.82, 2.24) is 0 Å². The molecule has 0 spiro atoms. The van der Waals surface area contributed by atoms with Crippen LogP contribution in [0.15, 0.2) is 66.7 Å². The second kappa shape index (κ2) is 11.0. The smallest absolute Gasteiger partial charge is 0.416 e. The zero-order valence-corrected chi connectivity index (χ0v) is 20.0. The minimum atomic E-state index is -4.54. The molecule has 0 amide bonds. The van der Waals surface area contributed by atoms with Crippen LogP contribution in [0.2, 0.25) is 5.02 Å². The summed E-state index contributed by atoms with van der Waals surface area (Å²) in [5.74, 6) is -1.07. The number of benzene rings is 3. The van der Waals surface area contributed by atoms with Crippen molar-refractivity contribution in [2.24, 2.45) is 5.92 Å². The van der Waals surface area contributed by atoms with Gasteiger partial charge in [0.1, 0.15) is 17.9 Å². The summed E-state index contributed by atoms with van der Waals surface area (Å²) in [5, 5.41) is 2.70. The zero-order valence-electron chi connectivity index (χ0n) is 19.2. The fourth-order valence-electron chi connectivity index (χ4n) is 3.26. The van der Waals surface area contributed by atoms with Crippen LogP contribution in [0.5, 0.6) is 11.5 Å². The summed E-state index contributed by atoms with van der Waals surface area (Å²) in [5.41, 5.74) is -0.223. The van der Waals surface area contributed by atoms with Crippen LogP contribution in [0.3, 0.4) is 0 Å². The third kappa shape index (κ3) is 6.88. The average Bonchev–Trinajstić information content (AvgIpc) is 2.79. The molecule has 2 unspecified atom stereocenters. The van der Waals surface area contributed by atoms with E-state index in [9.17, 15) is 22.4 Å². The van der Waals surface area contributed by atoms with Crippen molar-refractivity contribution in [1.29, 1.82) is 0 Å². The Morgan fingerprint density at radius 2 is 1.66 bits per heavy atom. The predicted octanol–water partition coefficient (Wildman–Crippen LogP) is 8.03. The number of ether oxygens (including phenoxy) is 2. The quantitative estimate of drug-likeness (QED) is 0.246. The van der Waals surface area contributed by atoms with Gasteiger partial charge in [-0.25, -0.2) is 9.18 Å². The van der Waals surface area contributed by atoms with E-state index in [4.69, 9.17) is 21.1 Å². The van der Waals surface area contributed by atoms with Gasteiger partial charge in [-0.05, 0) is 60.9 Å². The second-order valence-corrected chi connectivity index (χ2v) is 8.65. The predicted molar refractivity (Wildman–Crippen MR) is 126 cm³/mol.